The molecule has 0 amide bonds. The molecule has 1 aliphatic heterocycles. The van der Waals surface area contributed by atoms with Crippen molar-refractivity contribution in [2.24, 2.45) is 0 Å². The fourth-order valence-corrected chi connectivity index (χ4v) is 5.62. The molecule has 0 aliphatic carbocycles. The summed E-state index contributed by atoms with van der Waals surface area (Å²) < 4.78 is 2.69. The molecule has 0 fully saturated rings. The SMILES string of the molecule is CCCCCCCCCCCCN1CC[N+](CCCCCCCCCCCC)=C1c1ccccc1.[Cl-]. The van der Waals surface area contributed by atoms with Crippen LogP contribution in [-0.2, 0) is 0 Å². The molecular formula is C33H59ClN2. The molecule has 3 heteroatoms. The van der Waals surface area contributed by atoms with Crippen LogP contribution in [0.4, 0.5) is 0 Å². The second-order valence-electron chi connectivity index (χ2n) is 11.0. The van der Waals surface area contributed by atoms with E-state index in [9.17, 15) is 0 Å². The van der Waals surface area contributed by atoms with Gasteiger partial charge in [0.15, 0.2) is 0 Å². The zero-order valence-electron chi connectivity index (χ0n) is 24.1. The molecule has 0 bridgehead atoms. The molecule has 0 aromatic heterocycles. The number of rotatable bonds is 23. The van der Waals surface area contributed by atoms with Crippen LogP contribution in [0.1, 0.15) is 148 Å². The lowest BCUT2D eigenvalue weighted by Gasteiger charge is -2.14. The number of hydrogen-bond donors (Lipinski definition) is 0. The summed E-state index contributed by atoms with van der Waals surface area (Å²) in [6.07, 6.45) is 28.3. The van der Waals surface area contributed by atoms with Crippen LogP contribution >= 0.6 is 0 Å². The third kappa shape index (κ3) is 14.7. The first kappa shape index (κ1) is 33.0. The minimum absolute atomic E-state index is 0. The lowest BCUT2D eigenvalue weighted by atomic mass is 10.1. The van der Waals surface area contributed by atoms with Crippen molar-refractivity contribution in [3.8, 4) is 0 Å². The van der Waals surface area contributed by atoms with Gasteiger partial charge in [-0.2, -0.15) is 0 Å². The minimum Gasteiger partial charge on any atom is -1.00 e. The monoisotopic (exact) mass is 518 g/mol. The highest BCUT2D eigenvalue weighted by atomic mass is 35.5. The van der Waals surface area contributed by atoms with E-state index in [0.717, 1.165) is 0 Å². The number of amidine groups is 1. The molecule has 2 rings (SSSR count). The zero-order chi connectivity index (χ0) is 24.8. The van der Waals surface area contributed by atoms with Crippen LogP contribution in [0.3, 0.4) is 0 Å². The first-order valence-corrected chi connectivity index (χ1v) is 15.8. The van der Waals surface area contributed by atoms with Gasteiger partial charge in [0.1, 0.15) is 13.1 Å². The van der Waals surface area contributed by atoms with Crippen molar-refractivity contribution in [1.82, 2.24) is 4.90 Å². The van der Waals surface area contributed by atoms with E-state index in [1.165, 1.54) is 166 Å². The Kier molecular flexibility index (Phi) is 21.2. The van der Waals surface area contributed by atoms with Crippen molar-refractivity contribution in [1.29, 1.82) is 0 Å². The van der Waals surface area contributed by atoms with Gasteiger partial charge in [-0.3, -0.25) is 9.48 Å². The molecule has 0 N–H and O–H groups in total. The maximum absolute atomic E-state index is 2.69. The normalized spacial score (nSPS) is 13.4. The maximum atomic E-state index is 2.69. The molecule has 36 heavy (non-hydrogen) atoms. The summed E-state index contributed by atoms with van der Waals surface area (Å²) in [5.74, 6) is 1.51. The van der Waals surface area contributed by atoms with Gasteiger partial charge < -0.3 is 12.4 Å². The molecular weight excluding hydrogens is 460 g/mol. The molecule has 0 atom stereocenters. The average Bonchev–Trinajstić information content (AvgIpc) is 3.29. The van der Waals surface area contributed by atoms with Gasteiger partial charge in [-0.25, -0.2) is 0 Å². The maximum Gasteiger partial charge on any atom is 0.279 e. The summed E-state index contributed by atoms with van der Waals surface area (Å²) in [5.41, 5.74) is 1.42. The highest BCUT2D eigenvalue weighted by Crippen LogP contribution is 2.16. The Hall–Kier alpha value is -1.02. The van der Waals surface area contributed by atoms with E-state index in [0.29, 0.717) is 0 Å². The number of halogens is 1. The molecule has 0 unspecified atom stereocenters. The Morgan fingerprint density at radius 1 is 0.583 bits per heavy atom. The minimum atomic E-state index is 0. The summed E-state index contributed by atoms with van der Waals surface area (Å²) in [6.45, 7) is 9.49. The van der Waals surface area contributed by atoms with E-state index in [1.807, 2.05) is 0 Å². The summed E-state index contributed by atoms with van der Waals surface area (Å²) in [4.78, 5) is 2.69. The second kappa shape index (κ2) is 23.1. The van der Waals surface area contributed by atoms with E-state index in [4.69, 9.17) is 0 Å². The van der Waals surface area contributed by atoms with Gasteiger partial charge in [-0.15, -0.1) is 0 Å². The van der Waals surface area contributed by atoms with E-state index in [1.54, 1.807) is 0 Å². The topological polar surface area (TPSA) is 6.25 Å². The number of unbranched alkanes of at least 4 members (excludes halogenated alkanes) is 18. The summed E-state index contributed by atoms with van der Waals surface area (Å²) in [7, 11) is 0. The van der Waals surface area contributed by atoms with E-state index < -0.39 is 0 Å². The molecule has 0 radical (unpaired) electrons. The molecule has 2 nitrogen and oxygen atoms in total. The summed E-state index contributed by atoms with van der Waals surface area (Å²) in [6, 6.07) is 11.2. The Bertz CT molecular complexity index is 642. The average molecular weight is 519 g/mol. The van der Waals surface area contributed by atoms with Gasteiger partial charge in [0.05, 0.1) is 18.7 Å². The van der Waals surface area contributed by atoms with Crippen molar-refractivity contribution in [3.05, 3.63) is 35.9 Å². The van der Waals surface area contributed by atoms with Crippen molar-refractivity contribution in [2.75, 3.05) is 26.2 Å². The lowest BCUT2D eigenvalue weighted by molar-refractivity contribution is -0.518. The van der Waals surface area contributed by atoms with Crippen molar-refractivity contribution in [3.63, 3.8) is 0 Å². The zero-order valence-corrected chi connectivity index (χ0v) is 24.9. The fourth-order valence-electron chi connectivity index (χ4n) is 5.62. The van der Waals surface area contributed by atoms with Gasteiger partial charge in [-0.1, -0.05) is 135 Å². The second-order valence-corrected chi connectivity index (χ2v) is 11.0. The Labute approximate surface area is 231 Å². The summed E-state index contributed by atoms with van der Waals surface area (Å²) in [5, 5.41) is 0. The highest BCUT2D eigenvalue weighted by Gasteiger charge is 2.30. The molecule has 1 heterocycles. The first-order valence-electron chi connectivity index (χ1n) is 15.8. The molecule has 0 spiro atoms. The predicted octanol–water partition coefficient (Wildman–Crippen LogP) is 6.61. The van der Waals surface area contributed by atoms with Gasteiger partial charge in [0.25, 0.3) is 5.84 Å². The molecule has 208 valence electrons. The first-order chi connectivity index (χ1) is 17.4. The smallest absolute Gasteiger partial charge is 0.279 e. The van der Waals surface area contributed by atoms with Gasteiger partial charge >= 0.3 is 0 Å². The van der Waals surface area contributed by atoms with Gasteiger partial charge in [-0.05, 0) is 37.8 Å². The molecule has 1 aromatic carbocycles. The molecule has 0 saturated heterocycles. The van der Waals surface area contributed by atoms with E-state index >= 15 is 0 Å². The largest absolute Gasteiger partial charge is 1.00 e. The van der Waals surface area contributed by atoms with Crippen LogP contribution in [0.2, 0.25) is 0 Å². The van der Waals surface area contributed by atoms with Crippen molar-refractivity contribution in [2.45, 2.75) is 142 Å². The van der Waals surface area contributed by atoms with Crippen LogP contribution < -0.4 is 12.4 Å². The number of nitrogens with zero attached hydrogens (tertiary/aromatic N) is 2. The number of benzene rings is 1. The van der Waals surface area contributed by atoms with E-state index in [-0.39, 0.29) is 12.4 Å². The van der Waals surface area contributed by atoms with Crippen LogP contribution in [-0.4, -0.2) is 41.5 Å². The summed E-state index contributed by atoms with van der Waals surface area (Å²) >= 11 is 0. The third-order valence-corrected chi connectivity index (χ3v) is 7.83. The fraction of sp³-hybridized carbons (Fsp3) is 0.788. The Morgan fingerprint density at radius 2 is 1.03 bits per heavy atom. The Morgan fingerprint density at radius 3 is 1.53 bits per heavy atom. The van der Waals surface area contributed by atoms with Crippen molar-refractivity contribution >= 4 is 5.84 Å². The highest BCUT2D eigenvalue weighted by molar-refractivity contribution is 5.95. The van der Waals surface area contributed by atoms with E-state index in [2.05, 4.69) is 53.7 Å². The van der Waals surface area contributed by atoms with Crippen LogP contribution in [0.25, 0.3) is 0 Å². The molecule has 1 aliphatic rings. The van der Waals surface area contributed by atoms with Crippen LogP contribution in [0.15, 0.2) is 30.3 Å². The molecule has 0 saturated carbocycles. The predicted molar refractivity (Wildman–Crippen MR) is 156 cm³/mol. The van der Waals surface area contributed by atoms with Crippen molar-refractivity contribution < 1.29 is 17.0 Å². The van der Waals surface area contributed by atoms with Crippen LogP contribution in [0, 0.1) is 0 Å². The standard InChI is InChI=1S/C33H59N2.ClH/c1-3-5-7-9-11-13-15-17-19-24-28-34-30-31-35(33(34)32-26-22-21-23-27-32)29-25-20-18-16-14-12-10-8-6-4-2;/h21-23,26-27H,3-20,24-25,28-31H2,1-2H3;1H/q+1;/p-1. The quantitative estimate of drug-likeness (QED) is 0.117. The Balaban J connectivity index is 0.00000648. The lowest BCUT2D eigenvalue weighted by Crippen LogP contribution is -3.00. The third-order valence-electron chi connectivity index (χ3n) is 7.83. The van der Waals surface area contributed by atoms with Crippen LogP contribution in [0.5, 0.6) is 0 Å². The van der Waals surface area contributed by atoms with Gasteiger partial charge in [0, 0.05) is 0 Å². The van der Waals surface area contributed by atoms with Gasteiger partial charge in [0.2, 0.25) is 0 Å². The number of hydrogen-bond acceptors (Lipinski definition) is 1. The molecule has 1 aromatic rings.